The molecule has 0 amide bonds. The Morgan fingerprint density at radius 1 is 1.35 bits per heavy atom. The van der Waals surface area contributed by atoms with Gasteiger partial charge < -0.3 is 10.2 Å². The van der Waals surface area contributed by atoms with E-state index in [2.05, 4.69) is 4.98 Å². The quantitative estimate of drug-likeness (QED) is 0.573. The van der Waals surface area contributed by atoms with E-state index in [1.807, 2.05) is 23.6 Å². The van der Waals surface area contributed by atoms with Crippen LogP contribution < -0.4 is 5.73 Å². The second kappa shape index (κ2) is 5.68. The zero-order valence-corrected chi connectivity index (χ0v) is 12.0. The highest BCUT2D eigenvalue weighted by atomic mass is 32.2. The number of thiazole rings is 1. The Bertz CT molecular complexity index is 710. The fourth-order valence-electron chi connectivity index (χ4n) is 1.64. The summed E-state index contributed by atoms with van der Waals surface area (Å²) in [5, 5.41) is 2.84. The average molecular weight is 306 g/mol. The summed E-state index contributed by atoms with van der Waals surface area (Å²) in [6, 6.07) is 8.54. The molecule has 0 spiro atoms. The average Bonchev–Trinajstić information content (AvgIpc) is 3.09. The van der Waals surface area contributed by atoms with Crippen LogP contribution >= 0.6 is 23.1 Å². The van der Waals surface area contributed by atoms with Gasteiger partial charge in [0.1, 0.15) is 5.82 Å². The van der Waals surface area contributed by atoms with Crippen LogP contribution in [-0.4, -0.2) is 4.98 Å². The summed E-state index contributed by atoms with van der Waals surface area (Å²) in [6.07, 6.45) is 1.63. The minimum Gasteiger partial charge on any atom is -0.462 e. The Hall–Kier alpha value is -1.79. The van der Waals surface area contributed by atoms with Crippen LogP contribution in [-0.2, 0) is 5.75 Å². The van der Waals surface area contributed by atoms with Gasteiger partial charge in [-0.1, -0.05) is 0 Å². The Morgan fingerprint density at radius 2 is 2.25 bits per heavy atom. The van der Waals surface area contributed by atoms with Crippen molar-refractivity contribution in [3.63, 3.8) is 0 Å². The lowest BCUT2D eigenvalue weighted by Crippen LogP contribution is -1.90. The van der Waals surface area contributed by atoms with E-state index in [1.165, 1.54) is 29.2 Å². The smallest absolute Gasteiger partial charge is 0.162 e. The topological polar surface area (TPSA) is 52.0 Å². The van der Waals surface area contributed by atoms with Gasteiger partial charge in [0, 0.05) is 16.0 Å². The number of thioether (sulfide) groups is 1. The van der Waals surface area contributed by atoms with Crippen LogP contribution in [0.2, 0.25) is 0 Å². The number of nitrogens with two attached hydrogens (primary N) is 1. The fourth-order valence-corrected chi connectivity index (χ4v) is 3.35. The number of benzene rings is 1. The van der Waals surface area contributed by atoms with Crippen molar-refractivity contribution in [1.29, 1.82) is 0 Å². The molecular formula is C14H11FN2OS2. The molecule has 0 saturated carbocycles. The lowest BCUT2D eigenvalue weighted by Gasteiger charge is -2.01. The molecule has 1 aromatic carbocycles. The lowest BCUT2D eigenvalue weighted by atomic mass is 10.3. The molecular weight excluding hydrogens is 295 g/mol. The molecule has 0 aliphatic heterocycles. The number of nitrogens with zero attached hydrogens (tertiary/aromatic N) is 1. The number of rotatable bonds is 4. The molecule has 0 aliphatic carbocycles. The van der Waals surface area contributed by atoms with E-state index < -0.39 is 0 Å². The zero-order valence-electron chi connectivity index (χ0n) is 10.4. The SMILES string of the molecule is Nc1ccc(SCc2csc(-c3ccco3)n2)cc1F. The molecule has 0 atom stereocenters. The van der Waals surface area contributed by atoms with E-state index in [1.54, 1.807) is 12.3 Å². The van der Waals surface area contributed by atoms with Crippen LogP contribution in [0.15, 0.2) is 51.3 Å². The van der Waals surface area contributed by atoms with E-state index >= 15 is 0 Å². The molecule has 6 heteroatoms. The van der Waals surface area contributed by atoms with Gasteiger partial charge in [-0.3, -0.25) is 0 Å². The summed E-state index contributed by atoms with van der Waals surface area (Å²) in [6.45, 7) is 0. The van der Waals surface area contributed by atoms with Crippen molar-refractivity contribution >= 4 is 28.8 Å². The van der Waals surface area contributed by atoms with E-state index in [4.69, 9.17) is 10.2 Å². The van der Waals surface area contributed by atoms with Gasteiger partial charge in [0.2, 0.25) is 0 Å². The van der Waals surface area contributed by atoms with Crippen molar-refractivity contribution < 1.29 is 8.81 Å². The lowest BCUT2D eigenvalue weighted by molar-refractivity contribution is 0.581. The Kier molecular flexibility index (Phi) is 3.75. The number of furan rings is 1. The van der Waals surface area contributed by atoms with Crippen LogP contribution in [0.3, 0.4) is 0 Å². The summed E-state index contributed by atoms with van der Waals surface area (Å²) in [4.78, 5) is 5.33. The van der Waals surface area contributed by atoms with Crippen molar-refractivity contribution in [1.82, 2.24) is 4.98 Å². The molecule has 0 fully saturated rings. The zero-order chi connectivity index (χ0) is 13.9. The second-order valence-corrected chi connectivity index (χ2v) is 6.00. The minimum atomic E-state index is -0.385. The largest absolute Gasteiger partial charge is 0.462 e. The van der Waals surface area contributed by atoms with Gasteiger partial charge in [-0.2, -0.15) is 0 Å². The highest BCUT2D eigenvalue weighted by Gasteiger charge is 2.08. The van der Waals surface area contributed by atoms with E-state index in [-0.39, 0.29) is 11.5 Å². The number of hydrogen-bond acceptors (Lipinski definition) is 5. The molecule has 0 aliphatic rings. The molecule has 3 nitrogen and oxygen atoms in total. The second-order valence-electron chi connectivity index (χ2n) is 4.09. The number of anilines is 1. The molecule has 3 aromatic rings. The number of hydrogen-bond donors (Lipinski definition) is 1. The maximum atomic E-state index is 13.3. The van der Waals surface area contributed by atoms with Crippen molar-refractivity contribution in [3.8, 4) is 10.8 Å². The fraction of sp³-hybridized carbons (Fsp3) is 0.0714. The molecule has 2 N–H and O–H groups in total. The number of aromatic nitrogens is 1. The van der Waals surface area contributed by atoms with Gasteiger partial charge in [0.15, 0.2) is 10.8 Å². The Labute approximate surface area is 123 Å². The molecule has 0 saturated heterocycles. The molecule has 0 radical (unpaired) electrons. The monoisotopic (exact) mass is 306 g/mol. The molecule has 0 bridgehead atoms. The van der Waals surface area contributed by atoms with Gasteiger partial charge in [0.25, 0.3) is 0 Å². The van der Waals surface area contributed by atoms with Crippen LogP contribution in [0.4, 0.5) is 10.1 Å². The predicted octanol–water partition coefficient (Wildman–Crippen LogP) is 4.42. The van der Waals surface area contributed by atoms with Gasteiger partial charge >= 0.3 is 0 Å². The third-order valence-corrected chi connectivity index (χ3v) is 4.58. The Morgan fingerprint density at radius 3 is 3.00 bits per heavy atom. The first-order valence-electron chi connectivity index (χ1n) is 5.88. The van der Waals surface area contributed by atoms with Crippen molar-refractivity contribution in [2.75, 3.05) is 5.73 Å². The third kappa shape index (κ3) is 2.86. The van der Waals surface area contributed by atoms with Crippen molar-refractivity contribution in [2.45, 2.75) is 10.6 Å². The molecule has 102 valence electrons. The normalized spacial score (nSPS) is 10.8. The first-order chi connectivity index (χ1) is 9.72. The minimum absolute atomic E-state index is 0.170. The maximum Gasteiger partial charge on any atom is 0.162 e. The summed E-state index contributed by atoms with van der Waals surface area (Å²) in [7, 11) is 0. The van der Waals surface area contributed by atoms with Crippen molar-refractivity contribution in [3.05, 3.63) is 53.5 Å². The van der Waals surface area contributed by atoms with Crippen LogP contribution in [0.1, 0.15) is 5.69 Å². The third-order valence-electron chi connectivity index (χ3n) is 2.64. The van der Waals surface area contributed by atoms with Gasteiger partial charge in [-0.05, 0) is 30.3 Å². The van der Waals surface area contributed by atoms with Crippen molar-refractivity contribution in [2.24, 2.45) is 0 Å². The molecule has 3 rings (SSSR count). The van der Waals surface area contributed by atoms with Crippen LogP contribution in [0, 0.1) is 5.82 Å². The molecule has 2 heterocycles. The van der Waals surface area contributed by atoms with Gasteiger partial charge in [0.05, 0.1) is 17.6 Å². The molecule has 20 heavy (non-hydrogen) atoms. The highest BCUT2D eigenvalue weighted by molar-refractivity contribution is 7.98. The standard InChI is InChI=1S/C14H11FN2OS2/c15-11-6-10(3-4-12(11)16)19-7-9-8-20-14(17-9)13-2-1-5-18-13/h1-6,8H,7,16H2. The van der Waals surface area contributed by atoms with Crippen LogP contribution in [0.5, 0.6) is 0 Å². The number of halogens is 1. The van der Waals surface area contributed by atoms with Crippen LogP contribution in [0.25, 0.3) is 10.8 Å². The van der Waals surface area contributed by atoms with E-state index in [0.717, 1.165) is 21.4 Å². The first kappa shape index (κ1) is 13.2. The predicted molar refractivity (Wildman–Crippen MR) is 80.2 cm³/mol. The molecule has 2 aromatic heterocycles. The summed E-state index contributed by atoms with van der Waals surface area (Å²) in [5.74, 6) is 1.06. The maximum absolute atomic E-state index is 13.3. The molecule has 0 unspecified atom stereocenters. The highest BCUT2D eigenvalue weighted by Crippen LogP contribution is 2.29. The summed E-state index contributed by atoms with van der Waals surface area (Å²) in [5.41, 5.74) is 6.57. The summed E-state index contributed by atoms with van der Waals surface area (Å²) < 4.78 is 18.6. The van der Waals surface area contributed by atoms with Gasteiger partial charge in [-0.25, -0.2) is 9.37 Å². The Balaban J connectivity index is 1.68. The van der Waals surface area contributed by atoms with E-state index in [9.17, 15) is 4.39 Å². The summed E-state index contributed by atoms with van der Waals surface area (Å²) >= 11 is 3.06. The van der Waals surface area contributed by atoms with Gasteiger partial charge in [-0.15, -0.1) is 23.1 Å². The first-order valence-corrected chi connectivity index (χ1v) is 7.75. The van der Waals surface area contributed by atoms with E-state index in [0.29, 0.717) is 5.75 Å². The number of nitrogen functional groups attached to an aromatic ring is 1.